The summed E-state index contributed by atoms with van der Waals surface area (Å²) in [6.07, 6.45) is 5.29. The van der Waals surface area contributed by atoms with Gasteiger partial charge in [0.2, 0.25) is 0 Å². The normalized spacial score (nSPS) is 26.0. The zero-order valence-corrected chi connectivity index (χ0v) is 11.2. The molecule has 19 heavy (non-hydrogen) atoms. The topological polar surface area (TPSA) is 68.4 Å². The molecule has 104 valence electrons. The van der Waals surface area contributed by atoms with E-state index in [9.17, 15) is 9.59 Å². The second-order valence-electron chi connectivity index (χ2n) is 4.83. The van der Waals surface area contributed by atoms with Crippen molar-refractivity contribution >= 4 is 11.9 Å². The average molecular weight is 266 g/mol. The number of epoxide rings is 2. The van der Waals surface area contributed by atoms with Gasteiger partial charge in [0, 0.05) is 11.1 Å². The van der Waals surface area contributed by atoms with Crippen molar-refractivity contribution < 1.29 is 23.8 Å². The Labute approximate surface area is 112 Å². The molecule has 0 aromatic carbocycles. The fourth-order valence-electron chi connectivity index (χ4n) is 1.44. The monoisotopic (exact) mass is 266 g/mol. The summed E-state index contributed by atoms with van der Waals surface area (Å²) < 4.78 is 14.9. The standard InChI is InChI=1S/C14H18O5/c1-9(3-5-11-7-17-11)13(15)19-14(16)10(2)4-6-12-8-18-12/h3-4,11-12H,5-8H2,1-2H3. The molecule has 2 aliphatic heterocycles. The van der Waals surface area contributed by atoms with Crippen LogP contribution < -0.4 is 0 Å². The summed E-state index contributed by atoms with van der Waals surface area (Å²) in [6, 6.07) is 0. The molecule has 2 atom stereocenters. The van der Waals surface area contributed by atoms with Crippen molar-refractivity contribution in [3.05, 3.63) is 23.3 Å². The highest BCUT2D eigenvalue weighted by atomic mass is 16.6. The van der Waals surface area contributed by atoms with E-state index in [0.29, 0.717) is 24.0 Å². The van der Waals surface area contributed by atoms with E-state index in [1.54, 1.807) is 26.0 Å². The fraction of sp³-hybridized carbons (Fsp3) is 0.571. The van der Waals surface area contributed by atoms with Crippen molar-refractivity contribution in [2.24, 2.45) is 0 Å². The lowest BCUT2D eigenvalue weighted by atomic mass is 10.2. The third-order valence-electron chi connectivity index (χ3n) is 3.01. The van der Waals surface area contributed by atoms with Gasteiger partial charge in [-0.1, -0.05) is 12.2 Å². The van der Waals surface area contributed by atoms with Crippen LogP contribution in [0.3, 0.4) is 0 Å². The number of hydrogen-bond donors (Lipinski definition) is 0. The Morgan fingerprint density at radius 2 is 1.37 bits per heavy atom. The van der Waals surface area contributed by atoms with Gasteiger partial charge in [0.15, 0.2) is 0 Å². The van der Waals surface area contributed by atoms with Gasteiger partial charge in [0.1, 0.15) is 0 Å². The van der Waals surface area contributed by atoms with Crippen molar-refractivity contribution in [1.82, 2.24) is 0 Å². The van der Waals surface area contributed by atoms with E-state index in [2.05, 4.69) is 0 Å². The molecule has 0 radical (unpaired) electrons. The van der Waals surface area contributed by atoms with Gasteiger partial charge in [-0.25, -0.2) is 9.59 Å². The third kappa shape index (κ3) is 4.96. The highest BCUT2D eigenvalue weighted by Crippen LogP contribution is 2.16. The Morgan fingerprint density at radius 3 is 1.68 bits per heavy atom. The maximum Gasteiger partial charge on any atom is 0.341 e. The molecule has 0 N–H and O–H groups in total. The fourth-order valence-corrected chi connectivity index (χ4v) is 1.44. The quantitative estimate of drug-likeness (QED) is 0.315. The Balaban J connectivity index is 1.77. The third-order valence-corrected chi connectivity index (χ3v) is 3.01. The van der Waals surface area contributed by atoms with Gasteiger partial charge in [-0.05, 0) is 26.7 Å². The van der Waals surface area contributed by atoms with Crippen LogP contribution in [0.15, 0.2) is 23.3 Å². The number of carbonyl (C=O) groups is 2. The molecule has 0 aromatic rings. The number of ether oxygens (including phenoxy) is 3. The van der Waals surface area contributed by atoms with Gasteiger partial charge in [0.05, 0.1) is 25.4 Å². The minimum absolute atomic E-state index is 0.221. The van der Waals surface area contributed by atoms with E-state index in [4.69, 9.17) is 14.2 Å². The summed E-state index contributed by atoms with van der Waals surface area (Å²) in [4.78, 5) is 23.3. The van der Waals surface area contributed by atoms with E-state index >= 15 is 0 Å². The number of rotatable bonds is 6. The minimum atomic E-state index is -0.596. The first kappa shape index (κ1) is 14.0. The van der Waals surface area contributed by atoms with Gasteiger partial charge >= 0.3 is 11.9 Å². The van der Waals surface area contributed by atoms with Crippen molar-refractivity contribution in [1.29, 1.82) is 0 Å². The lowest BCUT2D eigenvalue weighted by molar-refractivity contribution is -0.153. The predicted octanol–water partition coefficient (Wildman–Crippen LogP) is 1.53. The van der Waals surface area contributed by atoms with Crippen LogP contribution in [-0.4, -0.2) is 37.4 Å². The van der Waals surface area contributed by atoms with Crippen LogP contribution in [0.25, 0.3) is 0 Å². The lowest BCUT2D eigenvalue weighted by Crippen LogP contribution is -2.14. The Morgan fingerprint density at radius 1 is 1.00 bits per heavy atom. The zero-order valence-electron chi connectivity index (χ0n) is 11.2. The smallest absolute Gasteiger partial charge is 0.341 e. The minimum Gasteiger partial charge on any atom is -0.386 e. The molecule has 2 rings (SSSR count). The van der Waals surface area contributed by atoms with Gasteiger partial charge in [0.25, 0.3) is 0 Å². The molecule has 0 amide bonds. The SMILES string of the molecule is CC(=CCC1CO1)C(=O)OC(=O)C(C)=CCC1CO1. The first-order valence-corrected chi connectivity index (χ1v) is 6.39. The second kappa shape index (κ2) is 6.12. The molecule has 2 saturated heterocycles. The molecule has 0 bridgehead atoms. The Hall–Kier alpha value is -1.46. The number of carbonyl (C=O) groups excluding carboxylic acids is 2. The molecule has 0 aliphatic carbocycles. The Kier molecular flexibility index (Phi) is 4.50. The molecule has 5 heteroatoms. The Bertz CT molecular complexity index is 387. The molecule has 2 unspecified atom stereocenters. The summed E-state index contributed by atoms with van der Waals surface area (Å²) in [6.45, 7) is 4.75. The molecular formula is C14H18O5. The van der Waals surface area contributed by atoms with E-state index in [-0.39, 0.29) is 12.2 Å². The number of esters is 2. The van der Waals surface area contributed by atoms with Crippen molar-refractivity contribution in [3.8, 4) is 0 Å². The lowest BCUT2D eigenvalue weighted by Gasteiger charge is -2.03. The van der Waals surface area contributed by atoms with Crippen molar-refractivity contribution in [2.45, 2.75) is 38.9 Å². The summed E-state index contributed by atoms with van der Waals surface area (Å²) in [7, 11) is 0. The van der Waals surface area contributed by atoms with E-state index in [1.807, 2.05) is 0 Å². The largest absolute Gasteiger partial charge is 0.386 e. The first-order chi connectivity index (χ1) is 9.06. The van der Waals surface area contributed by atoms with Gasteiger partial charge < -0.3 is 14.2 Å². The maximum atomic E-state index is 11.6. The second-order valence-corrected chi connectivity index (χ2v) is 4.83. The van der Waals surface area contributed by atoms with Crippen LogP contribution in [0.5, 0.6) is 0 Å². The van der Waals surface area contributed by atoms with E-state index in [1.165, 1.54) is 0 Å². The van der Waals surface area contributed by atoms with Crippen molar-refractivity contribution in [2.75, 3.05) is 13.2 Å². The van der Waals surface area contributed by atoms with Gasteiger partial charge in [-0.3, -0.25) is 0 Å². The van der Waals surface area contributed by atoms with Gasteiger partial charge in [-0.15, -0.1) is 0 Å². The molecule has 0 spiro atoms. The zero-order chi connectivity index (χ0) is 13.8. The molecule has 5 nitrogen and oxygen atoms in total. The molecule has 0 saturated carbocycles. The summed E-state index contributed by atoms with van der Waals surface area (Å²) >= 11 is 0. The summed E-state index contributed by atoms with van der Waals surface area (Å²) in [5.41, 5.74) is 0.865. The van der Waals surface area contributed by atoms with Crippen LogP contribution >= 0.6 is 0 Å². The number of hydrogen-bond acceptors (Lipinski definition) is 5. The van der Waals surface area contributed by atoms with E-state index in [0.717, 1.165) is 13.2 Å². The molecular weight excluding hydrogens is 248 g/mol. The molecule has 0 aromatic heterocycles. The molecule has 2 fully saturated rings. The molecule has 2 heterocycles. The predicted molar refractivity (Wildman–Crippen MR) is 67.3 cm³/mol. The van der Waals surface area contributed by atoms with E-state index < -0.39 is 11.9 Å². The van der Waals surface area contributed by atoms with Crippen LogP contribution in [0.2, 0.25) is 0 Å². The highest BCUT2D eigenvalue weighted by molar-refractivity contribution is 6.01. The van der Waals surface area contributed by atoms with Crippen LogP contribution in [-0.2, 0) is 23.8 Å². The van der Waals surface area contributed by atoms with Crippen LogP contribution in [0, 0.1) is 0 Å². The van der Waals surface area contributed by atoms with Crippen molar-refractivity contribution in [3.63, 3.8) is 0 Å². The highest BCUT2D eigenvalue weighted by Gasteiger charge is 2.23. The first-order valence-electron chi connectivity index (χ1n) is 6.39. The summed E-state index contributed by atoms with van der Waals surface area (Å²) in [5.74, 6) is -1.19. The van der Waals surface area contributed by atoms with Crippen LogP contribution in [0.4, 0.5) is 0 Å². The molecule has 2 aliphatic rings. The van der Waals surface area contributed by atoms with Crippen LogP contribution in [0.1, 0.15) is 26.7 Å². The maximum absolute atomic E-state index is 11.6. The average Bonchev–Trinajstić information content (AvgIpc) is 3.27. The summed E-state index contributed by atoms with van der Waals surface area (Å²) in [5, 5.41) is 0. The van der Waals surface area contributed by atoms with Gasteiger partial charge in [-0.2, -0.15) is 0 Å².